The summed E-state index contributed by atoms with van der Waals surface area (Å²) in [4.78, 5) is 23.8. The number of nitrogens with zero attached hydrogens (tertiary/aromatic N) is 1. The van der Waals surface area contributed by atoms with Crippen LogP contribution in [0.25, 0.3) is 0 Å². The summed E-state index contributed by atoms with van der Waals surface area (Å²) in [6, 6.07) is -1.16. The van der Waals surface area contributed by atoms with E-state index < -0.39 is 34.4 Å². The summed E-state index contributed by atoms with van der Waals surface area (Å²) < 4.78 is 22.4. The van der Waals surface area contributed by atoms with Gasteiger partial charge in [-0.3, -0.25) is 4.79 Å². The smallest absolute Gasteiger partial charge is 0.323 e. The Bertz CT molecular complexity index is 483. The molecule has 0 radical (unpaired) electrons. The third-order valence-corrected chi connectivity index (χ3v) is 3.83. The molecule has 19 heavy (non-hydrogen) atoms. The highest BCUT2D eigenvalue weighted by Crippen LogP contribution is 2.09. The van der Waals surface area contributed by atoms with Gasteiger partial charge in [-0.25, -0.2) is 13.2 Å². The topological polar surface area (TPSA) is 104 Å². The number of aliphatic carboxylic acids is 1. The molecule has 0 saturated heterocycles. The van der Waals surface area contributed by atoms with Crippen LogP contribution in [0.3, 0.4) is 0 Å². The van der Waals surface area contributed by atoms with E-state index in [-0.39, 0.29) is 11.7 Å². The van der Waals surface area contributed by atoms with Gasteiger partial charge in [-0.05, 0) is 12.0 Å². The number of hydrogen-bond donors (Lipinski definition) is 2. The quantitative estimate of drug-likeness (QED) is 0.744. The van der Waals surface area contributed by atoms with Gasteiger partial charge in [0.1, 0.15) is 6.54 Å². The van der Waals surface area contributed by atoms with Crippen molar-refractivity contribution >= 4 is 21.8 Å². The van der Waals surface area contributed by atoms with Crippen LogP contribution in [-0.2, 0) is 14.6 Å². The zero-order valence-corrected chi connectivity index (χ0v) is 11.7. The second-order valence-corrected chi connectivity index (χ2v) is 6.81. The van der Waals surface area contributed by atoms with E-state index in [1.54, 1.807) is 0 Å². The fourth-order valence-corrected chi connectivity index (χ4v) is 2.97. The minimum atomic E-state index is -3.24. The molecule has 7 nitrogen and oxygen atoms in total. The number of carbonyl (C=O) groups excluding carboxylic acids is 1. The predicted octanol–water partition coefficient (Wildman–Crippen LogP) is 0.0493. The van der Waals surface area contributed by atoms with Gasteiger partial charge < -0.3 is 15.3 Å². The largest absolute Gasteiger partial charge is 0.480 e. The number of hydrogen-bond acceptors (Lipinski definition) is 4. The van der Waals surface area contributed by atoms with Crippen LogP contribution >= 0.6 is 0 Å². The fraction of sp³-hybridized carbons (Fsp3) is 0.636. The van der Waals surface area contributed by atoms with Crippen molar-refractivity contribution in [2.75, 3.05) is 18.8 Å². The van der Waals surface area contributed by atoms with Crippen LogP contribution in [0.4, 0.5) is 4.79 Å². The molecule has 1 aliphatic heterocycles. The standard InChI is InChI=1S/C11H18N2O5S/c1-8(2)5-13(6-10(14)15)11(16)12-9-3-4-19(17,18)7-9/h3-4,8-9H,5-7H2,1-2H3,(H,12,16)(H,14,15). The molecule has 1 rings (SSSR count). The van der Waals surface area contributed by atoms with Gasteiger partial charge in [-0.15, -0.1) is 0 Å². The van der Waals surface area contributed by atoms with E-state index in [2.05, 4.69) is 5.32 Å². The lowest BCUT2D eigenvalue weighted by molar-refractivity contribution is -0.137. The van der Waals surface area contributed by atoms with Gasteiger partial charge in [0.05, 0.1) is 11.8 Å². The molecule has 0 saturated carbocycles. The number of urea groups is 1. The SMILES string of the molecule is CC(C)CN(CC(=O)O)C(=O)NC1C=CS(=O)(=O)C1. The van der Waals surface area contributed by atoms with Crippen LogP contribution in [0.5, 0.6) is 0 Å². The van der Waals surface area contributed by atoms with Crippen LogP contribution in [0.15, 0.2) is 11.5 Å². The molecule has 0 spiro atoms. The van der Waals surface area contributed by atoms with Gasteiger partial charge in [0.25, 0.3) is 0 Å². The highest BCUT2D eigenvalue weighted by atomic mass is 32.2. The Balaban J connectivity index is 2.62. The number of carbonyl (C=O) groups is 2. The molecule has 0 aromatic rings. The van der Waals surface area contributed by atoms with E-state index in [1.807, 2.05) is 13.8 Å². The summed E-state index contributed by atoms with van der Waals surface area (Å²) in [7, 11) is -3.24. The minimum absolute atomic E-state index is 0.118. The predicted molar refractivity (Wildman–Crippen MR) is 69.3 cm³/mol. The second kappa shape index (κ2) is 6.05. The van der Waals surface area contributed by atoms with Crippen molar-refractivity contribution in [3.8, 4) is 0 Å². The summed E-state index contributed by atoms with van der Waals surface area (Å²) in [5, 5.41) is 12.3. The van der Waals surface area contributed by atoms with E-state index in [1.165, 1.54) is 6.08 Å². The lowest BCUT2D eigenvalue weighted by atomic mass is 10.2. The Kier molecular flexibility index (Phi) is 4.93. The maximum Gasteiger partial charge on any atom is 0.323 e. The van der Waals surface area contributed by atoms with Crippen molar-refractivity contribution < 1.29 is 23.1 Å². The van der Waals surface area contributed by atoms with E-state index in [0.717, 1.165) is 10.3 Å². The van der Waals surface area contributed by atoms with Gasteiger partial charge in [-0.1, -0.05) is 13.8 Å². The number of sulfone groups is 1. The molecule has 1 unspecified atom stereocenters. The molecule has 8 heteroatoms. The average Bonchev–Trinajstić information content (AvgIpc) is 2.55. The Hall–Kier alpha value is -1.57. The second-order valence-electron chi connectivity index (χ2n) is 4.88. The molecular weight excluding hydrogens is 272 g/mol. The number of carboxylic acid groups (broad SMARTS) is 1. The van der Waals surface area contributed by atoms with E-state index >= 15 is 0 Å². The zero-order valence-electron chi connectivity index (χ0n) is 10.9. The van der Waals surface area contributed by atoms with Crippen molar-refractivity contribution in [2.24, 2.45) is 5.92 Å². The van der Waals surface area contributed by atoms with Crippen LogP contribution in [0.2, 0.25) is 0 Å². The summed E-state index contributed by atoms with van der Waals surface area (Å²) in [5.41, 5.74) is 0. The minimum Gasteiger partial charge on any atom is -0.480 e. The van der Waals surface area contributed by atoms with Crippen LogP contribution in [0.1, 0.15) is 13.8 Å². The molecule has 0 aliphatic carbocycles. The maximum atomic E-state index is 11.9. The van der Waals surface area contributed by atoms with Crippen molar-refractivity contribution in [2.45, 2.75) is 19.9 Å². The summed E-state index contributed by atoms with van der Waals surface area (Å²) >= 11 is 0. The Morgan fingerprint density at radius 2 is 2.11 bits per heavy atom. The normalized spacial score (nSPS) is 20.5. The number of rotatable bonds is 5. The van der Waals surface area contributed by atoms with Crippen molar-refractivity contribution in [1.82, 2.24) is 10.2 Å². The Morgan fingerprint density at radius 3 is 2.53 bits per heavy atom. The molecule has 0 fully saturated rings. The summed E-state index contributed by atoms with van der Waals surface area (Å²) in [6.45, 7) is 3.61. The van der Waals surface area contributed by atoms with E-state index in [9.17, 15) is 18.0 Å². The molecule has 1 atom stereocenters. The molecule has 2 N–H and O–H groups in total. The van der Waals surface area contributed by atoms with Crippen LogP contribution < -0.4 is 5.32 Å². The third kappa shape index (κ3) is 5.29. The molecule has 108 valence electrons. The lowest BCUT2D eigenvalue weighted by Gasteiger charge is -2.24. The van der Waals surface area contributed by atoms with Gasteiger partial charge in [0.15, 0.2) is 9.84 Å². The van der Waals surface area contributed by atoms with Gasteiger partial charge in [0, 0.05) is 12.0 Å². The van der Waals surface area contributed by atoms with Crippen molar-refractivity contribution in [1.29, 1.82) is 0 Å². The van der Waals surface area contributed by atoms with Crippen LogP contribution in [-0.4, -0.2) is 55.3 Å². The first-order valence-corrected chi connectivity index (χ1v) is 7.59. The first kappa shape index (κ1) is 15.5. The van der Waals surface area contributed by atoms with E-state index in [0.29, 0.717) is 6.54 Å². The van der Waals surface area contributed by atoms with Gasteiger partial charge in [-0.2, -0.15) is 0 Å². The van der Waals surface area contributed by atoms with Gasteiger partial charge >= 0.3 is 12.0 Å². The Morgan fingerprint density at radius 1 is 1.47 bits per heavy atom. The molecule has 0 bridgehead atoms. The molecular formula is C11H18N2O5S. The molecule has 1 aliphatic rings. The number of nitrogens with one attached hydrogen (secondary N) is 1. The van der Waals surface area contributed by atoms with Crippen molar-refractivity contribution in [3.63, 3.8) is 0 Å². The molecule has 1 heterocycles. The third-order valence-electron chi connectivity index (χ3n) is 2.44. The molecule has 0 aromatic heterocycles. The zero-order chi connectivity index (χ0) is 14.6. The summed E-state index contributed by atoms with van der Waals surface area (Å²) in [6.07, 6.45) is 1.39. The number of carboxylic acids is 1. The fourth-order valence-electron chi connectivity index (χ4n) is 1.74. The highest BCUT2D eigenvalue weighted by molar-refractivity contribution is 7.94. The Labute approximate surface area is 112 Å². The summed E-state index contributed by atoms with van der Waals surface area (Å²) in [5.74, 6) is -1.17. The van der Waals surface area contributed by atoms with E-state index in [4.69, 9.17) is 5.11 Å². The van der Waals surface area contributed by atoms with Crippen molar-refractivity contribution in [3.05, 3.63) is 11.5 Å². The monoisotopic (exact) mass is 290 g/mol. The average molecular weight is 290 g/mol. The molecule has 2 amide bonds. The first-order valence-electron chi connectivity index (χ1n) is 5.88. The maximum absolute atomic E-state index is 11.9. The van der Waals surface area contributed by atoms with Gasteiger partial charge in [0.2, 0.25) is 0 Å². The first-order chi connectivity index (χ1) is 8.69. The number of amides is 2. The lowest BCUT2D eigenvalue weighted by Crippen LogP contribution is -2.48. The van der Waals surface area contributed by atoms with Crippen LogP contribution in [0, 0.1) is 5.92 Å². The molecule has 0 aromatic carbocycles. The highest BCUT2D eigenvalue weighted by Gasteiger charge is 2.26.